The van der Waals surface area contributed by atoms with Crippen molar-refractivity contribution in [1.29, 1.82) is 0 Å². The van der Waals surface area contributed by atoms with E-state index >= 15 is 0 Å². The van der Waals surface area contributed by atoms with Gasteiger partial charge in [0.25, 0.3) is 0 Å². The Morgan fingerprint density at radius 2 is 2.00 bits per heavy atom. The van der Waals surface area contributed by atoms with E-state index < -0.39 is 0 Å². The largest absolute Gasteiger partial charge is 0.481 e. The first kappa shape index (κ1) is 17.8. The summed E-state index contributed by atoms with van der Waals surface area (Å²) >= 11 is 0. The zero-order valence-corrected chi connectivity index (χ0v) is 12.5. The van der Waals surface area contributed by atoms with Crippen molar-refractivity contribution in [1.82, 2.24) is 5.32 Å². The molecule has 19 heavy (non-hydrogen) atoms. The molecule has 1 aromatic rings. The van der Waals surface area contributed by atoms with Crippen LogP contribution in [0, 0.1) is 12.3 Å². The Kier molecular flexibility index (Phi) is 11.2. The molecule has 0 spiro atoms. The summed E-state index contributed by atoms with van der Waals surface area (Å²) < 4.78 is 5.51. The minimum absolute atomic E-state index is 0. The second-order valence-electron chi connectivity index (χ2n) is 4.34. The maximum absolute atomic E-state index is 5.51. The monoisotopic (exact) mass is 281 g/mol. The summed E-state index contributed by atoms with van der Waals surface area (Å²) in [6.07, 6.45) is 10.3. The van der Waals surface area contributed by atoms with Gasteiger partial charge in [0.2, 0.25) is 0 Å². The van der Waals surface area contributed by atoms with Gasteiger partial charge in [-0.2, -0.15) is 0 Å². The zero-order chi connectivity index (χ0) is 13.1. The third-order valence-corrected chi connectivity index (χ3v) is 2.81. The van der Waals surface area contributed by atoms with Gasteiger partial charge in [0.05, 0.1) is 0 Å². The molecule has 0 amide bonds. The van der Waals surface area contributed by atoms with Crippen molar-refractivity contribution in [2.24, 2.45) is 0 Å². The van der Waals surface area contributed by atoms with E-state index in [0.717, 1.165) is 18.8 Å². The molecule has 0 radical (unpaired) electrons. The average molecular weight is 282 g/mol. The first-order chi connectivity index (χ1) is 8.88. The highest BCUT2D eigenvalue weighted by Gasteiger charge is 2.01. The van der Waals surface area contributed by atoms with Crippen molar-refractivity contribution in [2.75, 3.05) is 13.2 Å². The highest BCUT2D eigenvalue weighted by Crippen LogP contribution is 2.17. The van der Waals surface area contributed by atoms with E-state index in [1.54, 1.807) is 0 Å². The number of rotatable bonds is 9. The van der Waals surface area contributed by atoms with Gasteiger partial charge in [-0.15, -0.1) is 18.8 Å². The molecule has 106 valence electrons. The lowest BCUT2D eigenvalue weighted by atomic mass is 10.2. The predicted molar refractivity (Wildman–Crippen MR) is 83.9 cm³/mol. The normalized spacial score (nSPS) is 9.47. The van der Waals surface area contributed by atoms with Crippen LogP contribution in [0.15, 0.2) is 24.3 Å². The fourth-order valence-corrected chi connectivity index (χ4v) is 1.81. The second-order valence-corrected chi connectivity index (χ2v) is 4.34. The highest BCUT2D eigenvalue weighted by atomic mass is 35.5. The van der Waals surface area contributed by atoms with E-state index in [-0.39, 0.29) is 12.4 Å². The number of terminal acetylenes is 1. The molecule has 0 saturated carbocycles. The van der Waals surface area contributed by atoms with Crippen LogP contribution in [0.2, 0.25) is 0 Å². The van der Waals surface area contributed by atoms with Gasteiger partial charge < -0.3 is 10.1 Å². The lowest BCUT2D eigenvalue weighted by Gasteiger charge is -2.10. The molecule has 0 fully saturated rings. The van der Waals surface area contributed by atoms with Crippen molar-refractivity contribution < 1.29 is 4.74 Å². The smallest absolute Gasteiger partial charge is 0.148 e. The number of hydrogen-bond donors (Lipinski definition) is 1. The van der Waals surface area contributed by atoms with Crippen LogP contribution in [-0.2, 0) is 6.54 Å². The number of hydrogen-bond acceptors (Lipinski definition) is 2. The Hall–Kier alpha value is -1.17. The van der Waals surface area contributed by atoms with Crippen molar-refractivity contribution in [2.45, 2.75) is 39.2 Å². The molecule has 1 N–H and O–H groups in total. The van der Waals surface area contributed by atoms with Gasteiger partial charge in [-0.1, -0.05) is 50.3 Å². The van der Waals surface area contributed by atoms with Crippen molar-refractivity contribution in [3.8, 4) is 18.1 Å². The minimum Gasteiger partial charge on any atom is -0.481 e. The summed E-state index contributed by atoms with van der Waals surface area (Å²) in [4.78, 5) is 0. The maximum Gasteiger partial charge on any atom is 0.148 e. The summed E-state index contributed by atoms with van der Waals surface area (Å²) in [5.74, 6) is 3.38. The second kappa shape index (κ2) is 11.9. The molecule has 0 aliphatic carbocycles. The third-order valence-electron chi connectivity index (χ3n) is 2.81. The van der Waals surface area contributed by atoms with E-state index in [9.17, 15) is 0 Å². The summed E-state index contributed by atoms with van der Waals surface area (Å²) in [5, 5.41) is 3.45. The molecule has 0 unspecified atom stereocenters. The number of unbranched alkanes of at least 4 members (excludes halogenated alkanes) is 3. The molecule has 0 bridgehead atoms. The van der Waals surface area contributed by atoms with Crippen LogP contribution in [0.25, 0.3) is 0 Å². The van der Waals surface area contributed by atoms with Crippen LogP contribution < -0.4 is 10.1 Å². The van der Waals surface area contributed by atoms with E-state index in [1.807, 2.05) is 18.2 Å². The molecular weight excluding hydrogens is 258 g/mol. The van der Waals surface area contributed by atoms with Crippen LogP contribution in [0.4, 0.5) is 0 Å². The fourth-order valence-electron chi connectivity index (χ4n) is 1.81. The zero-order valence-electron chi connectivity index (χ0n) is 11.7. The highest BCUT2D eigenvalue weighted by molar-refractivity contribution is 5.85. The van der Waals surface area contributed by atoms with Crippen molar-refractivity contribution in [3.05, 3.63) is 29.8 Å². The molecule has 3 heteroatoms. The molecule has 0 aliphatic heterocycles. The molecule has 0 saturated heterocycles. The number of nitrogens with one attached hydrogen (secondary N) is 1. The van der Waals surface area contributed by atoms with Crippen LogP contribution >= 0.6 is 12.4 Å². The molecule has 0 atom stereocenters. The molecule has 0 heterocycles. The van der Waals surface area contributed by atoms with Crippen LogP contribution in [0.3, 0.4) is 0 Å². The molecule has 2 nitrogen and oxygen atoms in total. The predicted octanol–water partition coefficient (Wildman–Crippen LogP) is 3.79. The third kappa shape index (κ3) is 7.77. The standard InChI is InChI=1S/C16H23NO.ClH/c1-3-5-6-9-12-17-14-15-10-7-8-11-16(15)18-13-4-2;/h2,7-8,10-11,17H,3,5-6,9,12-14H2,1H3;1H. The van der Waals surface area contributed by atoms with Crippen LogP contribution in [0.1, 0.15) is 38.2 Å². The van der Waals surface area contributed by atoms with Crippen LogP contribution in [0.5, 0.6) is 5.75 Å². The van der Waals surface area contributed by atoms with E-state index in [0.29, 0.717) is 6.61 Å². The average Bonchev–Trinajstić information content (AvgIpc) is 2.41. The Balaban J connectivity index is 0.00000324. The first-order valence-corrected chi connectivity index (χ1v) is 6.73. The molecule has 1 rings (SSSR count). The Bertz CT molecular complexity index is 373. The van der Waals surface area contributed by atoms with Crippen molar-refractivity contribution in [3.63, 3.8) is 0 Å². The maximum atomic E-state index is 5.51. The van der Waals surface area contributed by atoms with Gasteiger partial charge in [0, 0.05) is 12.1 Å². The fraction of sp³-hybridized carbons (Fsp3) is 0.500. The summed E-state index contributed by atoms with van der Waals surface area (Å²) in [7, 11) is 0. The van der Waals surface area contributed by atoms with Crippen molar-refractivity contribution >= 4 is 12.4 Å². The number of ether oxygens (including phenoxy) is 1. The molecule has 1 aromatic carbocycles. The summed E-state index contributed by atoms with van der Waals surface area (Å²) in [6.45, 7) is 4.45. The van der Waals surface area contributed by atoms with E-state index in [4.69, 9.17) is 11.2 Å². The summed E-state index contributed by atoms with van der Waals surface area (Å²) in [6, 6.07) is 8.03. The lowest BCUT2D eigenvalue weighted by molar-refractivity contribution is 0.364. The topological polar surface area (TPSA) is 21.3 Å². The lowest BCUT2D eigenvalue weighted by Crippen LogP contribution is -2.15. The van der Waals surface area contributed by atoms with E-state index in [1.165, 1.54) is 31.2 Å². The Morgan fingerprint density at radius 3 is 2.74 bits per heavy atom. The van der Waals surface area contributed by atoms with E-state index in [2.05, 4.69) is 24.2 Å². The quantitative estimate of drug-likeness (QED) is 0.549. The van der Waals surface area contributed by atoms with Gasteiger partial charge in [-0.3, -0.25) is 0 Å². The van der Waals surface area contributed by atoms with Gasteiger partial charge in [-0.05, 0) is 19.0 Å². The first-order valence-electron chi connectivity index (χ1n) is 6.73. The van der Waals surface area contributed by atoms with Gasteiger partial charge >= 0.3 is 0 Å². The summed E-state index contributed by atoms with van der Waals surface area (Å²) in [5.41, 5.74) is 1.17. The minimum atomic E-state index is 0. The van der Waals surface area contributed by atoms with Crippen LogP contribution in [-0.4, -0.2) is 13.2 Å². The van der Waals surface area contributed by atoms with Gasteiger partial charge in [0.1, 0.15) is 12.4 Å². The number of halogens is 1. The Morgan fingerprint density at radius 1 is 1.21 bits per heavy atom. The van der Waals surface area contributed by atoms with Gasteiger partial charge in [0.15, 0.2) is 0 Å². The Labute approximate surface area is 123 Å². The van der Waals surface area contributed by atoms with Gasteiger partial charge in [-0.25, -0.2) is 0 Å². The molecule has 0 aromatic heterocycles. The molecular formula is C16H24ClNO. The molecule has 0 aliphatic rings. The number of benzene rings is 1. The number of para-hydroxylation sites is 1. The SMILES string of the molecule is C#CCOc1ccccc1CNCCCCCC.Cl.